The lowest BCUT2D eigenvalue weighted by molar-refractivity contribution is -0.137. The van der Waals surface area contributed by atoms with Crippen LogP contribution in [-0.2, 0) is 4.79 Å². The smallest absolute Gasteiger partial charge is 0.305 e. The minimum absolute atomic E-state index is 0.0344. The number of aromatic amines is 1. The van der Waals surface area contributed by atoms with Crippen molar-refractivity contribution in [3.8, 4) is 11.4 Å². The van der Waals surface area contributed by atoms with Crippen LogP contribution in [0.4, 0.5) is 0 Å². The first kappa shape index (κ1) is 19.0. The minimum atomic E-state index is -1.07. The van der Waals surface area contributed by atoms with E-state index in [1.54, 1.807) is 48.5 Å². The number of ether oxygens (including phenoxy) is 1. The summed E-state index contributed by atoms with van der Waals surface area (Å²) in [6.07, 6.45) is -0.317. The van der Waals surface area contributed by atoms with Crippen molar-refractivity contribution < 1.29 is 19.4 Å². The number of methoxy groups -OCH3 is 1. The first-order chi connectivity index (χ1) is 13.5. The summed E-state index contributed by atoms with van der Waals surface area (Å²) < 4.78 is 6.40. The fraction of sp³-hybridized carbons (Fsp3) is 0.150. The van der Waals surface area contributed by atoms with E-state index in [0.29, 0.717) is 17.0 Å². The molecule has 8 heteroatoms. The Balaban J connectivity index is 1.86. The SMILES string of the molecule is COc1cccc([C@H](CC(=O)O)NC(=O)c2cc(=O)n(-c3ccccc3)[nH]2)c1. The van der Waals surface area contributed by atoms with Crippen LogP contribution >= 0.6 is 0 Å². The van der Waals surface area contributed by atoms with Crippen molar-refractivity contribution >= 4 is 11.9 Å². The molecule has 0 aliphatic carbocycles. The van der Waals surface area contributed by atoms with Crippen LogP contribution in [-0.4, -0.2) is 33.9 Å². The number of carboxylic acid groups (broad SMARTS) is 1. The predicted molar refractivity (Wildman–Crippen MR) is 102 cm³/mol. The lowest BCUT2D eigenvalue weighted by atomic mass is 10.0. The number of amides is 1. The Morgan fingerprint density at radius 1 is 1.14 bits per heavy atom. The topological polar surface area (TPSA) is 113 Å². The molecule has 0 aliphatic heterocycles. The lowest BCUT2D eigenvalue weighted by Crippen LogP contribution is -2.30. The number of H-pyrrole nitrogens is 1. The normalized spacial score (nSPS) is 11.6. The van der Waals surface area contributed by atoms with Gasteiger partial charge in [-0.15, -0.1) is 0 Å². The second kappa shape index (κ2) is 8.26. The molecule has 8 nitrogen and oxygen atoms in total. The molecule has 144 valence electrons. The van der Waals surface area contributed by atoms with Gasteiger partial charge in [0.15, 0.2) is 0 Å². The number of rotatable bonds is 7. The fourth-order valence-electron chi connectivity index (χ4n) is 2.80. The van der Waals surface area contributed by atoms with Crippen molar-refractivity contribution in [2.45, 2.75) is 12.5 Å². The van der Waals surface area contributed by atoms with Crippen LogP contribution in [0.2, 0.25) is 0 Å². The van der Waals surface area contributed by atoms with Gasteiger partial charge in [-0.1, -0.05) is 30.3 Å². The first-order valence-electron chi connectivity index (χ1n) is 8.52. The van der Waals surface area contributed by atoms with Crippen LogP contribution < -0.4 is 15.6 Å². The number of nitrogens with one attached hydrogen (secondary N) is 2. The van der Waals surface area contributed by atoms with Crippen molar-refractivity contribution in [3.05, 3.63) is 82.3 Å². The third kappa shape index (κ3) is 4.29. The molecule has 3 N–H and O–H groups in total. The molecule has 1 atom stereocenters. The summed E-state index contributed by atoms with van der Waals surface area (Å²) in [7, 11) is 1.50. The maximum atomic E-state index is 12.6. The number of hydrogen-bond donors (Lipinski definition) is 3. The second-order valence-corrected chi connectivity index (χ2v) is 6.08. The maximum Gasteiger partial charge on any atom is 0.305 e. The van der Waals surface area contributed by atoms with Gasteiger partial charge < -0.3 is 15.2 Å². The standard InChI is InChI=1S/C20H19N3O5/c1-28-15-9-5-6-13(10-15)16(12-19(25)26)21-20(27)17-11-18(24)23(22-17)14-7-3-2-4-8-14/h2-11,16,22H,12H2,1H3,(H,21,27)(H,25,26)/t16-/m0/s1. The highest BCUT2D eigenvalue weighted by molar-refractivity contribution is 5.92. The van der Waals surface area contributed by atoms with Crippen LogP contribution in [0.1, 0.15) is 28.5 Å². The second-order valence-electron chi connectivity index (χ2n) is 6.08. The van der Waals surface area contributed by atoms with E-state index < -0.39 is 23.5 Å². The summed E-state index contributed by atoms with van der Waals surface area (Å²) in [5.74, 6) is -1.10. The molecule has 1 heterocycles. The van der Waals surface area contributed by atoms with E-state index in [4.69, 9.17) is 4.74 Å². The monoisotopic (exact) mass is 381 g/mol. The number of nitrogens with zero attached hydrogens (tertiary/aromatic N) is 1. The highest BCUT2D eigenvalue weighted by Gasteiger charge is 2.21. The molecule has 1 amide bonds. The molecule has 0 radical (unpaired) electrons. The third-order valence-corrected chi connectivity index (χ3v) is 4.16. The summed E-state index contributed by atoms with van der Waals surface area (Å²) in [4.78, 5) is 36.1. The van der Waals surface area contributed by atoms with Gasteiger partial charge in [0, 0.05) is 6.07 Å². The Labute approximate surface area is 160 Å². The van der Waals surface area contributed by atoms with E-state index in [2.05, 4.69) is 10.4 Å². The predicted octanol–water partition coefficient (Wildman–Crippen LogP) is 2.12. The number of carboxylic acids is 1. The number of carbonyl (C=O) groups is 2. The van der Waals surface area contributed by atoms with Gasteiger partial charge >= 0.3 is 5.97 Å². The Morgan fingerprint density at radius 2 is 1.89 bits per heavy atom. The summed E-state index contributed by atoms with van der Waals surface area (Å²) in [5.41, 5.74) is 0.807. The zero-order chi connectivity index (χ0) is 20.1. The van der Waals surface area contributed by atoms with Crippen LogP contribution in [0.15, 0.2) is 65.5 Å². The van der Waals surface area contributed by atoms with Gasteiger partial charge in [0.25, 0.3) is 11.5 Å². The Morgan fingerprint density at radius 3 is 2.57 bits per heavy atom. The van der Waals surface area contributed by atoms with Gasteiger partial charge in [0.2, 0.25) is 0 Å². The molecule has 3 rings (SSSR count). The molecule has 3 aromatic rings. The molecule has 2 aromatic carbocycles. The van der Waals surface area contributed by atoms with Crippen molar-refractivity contribution in [2.24, 2.45) is 0 Å². The minimum Gasteiger partial charge on any atom is -0.497 e. The first-order valence-corrected chi connectivity index (χ1v) is 8.52. The summed E-state index contributed by atoms with van der Waals surface area (Å²) in [6.45, 7) is 0. The van der Waals surface area contributed by atoms with Gasteiger partial charge in [-0.3, -0.25) is 19.5 Å². The van der Waals surface area contributed by atoms with Crippen molar-refractivity contribution in [3.63, 3.8) is 0 Å². The van der Waals surface area contributed by atoms with Crippen molar-refractivity contribution in [1.82, 2.24) is 15.1 Å². The van der Waals surface area contributed by atoms with Gasteiger partial charge in [0.05, 0.1) is 25.3 Å². The average Bonchev–Trinajstić information content (AvgIpc) is 3.09. The molecule has 28 heavy (non-hydrogen) atoms. The highest BCUT2D eigenvalue weighted by atomic mass is 16.5. The van der Waals surface area contributed by atoms with Crippen molar-refractivity contribution in [2.75, 3.05) is 7.11 Å². The van der Waals surface area contributed by atoms with E-state index in [0.717, 1.165) is 0 Å². The average molecular weight is 381 g/mol. The molecule has 0 fully saturated rings. The summed E-state index contributed by atoms with van der Waals surface area (Å²) in [5, 5.41) is 14.6. The zero-order valence-electron chi connectivity index (χ0n) is 15.1. The Bertz CT molecular complexity index is 1040. The van der Waals surface area contributed by atoms with E-state index in [-0.39, 0.29) is 12.1 Å². The number of hydrogen-bond acceptors (Lipinski definition) is 4. The molecular weight excluding hydrogens is 362 g/mol. The van der Waals surface area contributed by atoms with E-state index in [1.807, 2.05) is 6.07 Å². The van der Waals surface area contributed by atoms with E-state index in [1.165, 1.54) is 17.9 Å². The zero-order valence-corrected chi connectivity index (χ0v) is 15.1. The largest absolute Gasteiger partial charge is 0.497 e. The lowest BCUT2D eigenvalue weighted by Gasteiger charge is -2.17. The maximum absolute atomic E-state index is 12.6. The summed E-state index contributed by atoms with van der Waals surface area (Å²) in [6, 6.07) is 16.0. The van der Waals surface area contributed by atoms with Gasteiger partial charge in [-0.25, -0.2) is 4.68 Å². The highest BCUT2D eigenvalue weighted by Crippen LogP contribution is 2.22. The van der Waals surface area contributed by atoms with E-state index >= 15 is 0 Å². The van der Waals surface area contributed by atoms with Crippen molar-refractivity contribution in [1.29, 1.82) is 0 Å². The quantitative estimate of drug-likeness (QED) is 0.580. The molecule has 0 unspecified atom stereocenters. The molecular formula is C20H19N3O5. The van der Waals surface area contributed by atoms with Crippen LogP contribution in [0.3, 0.4) is 0 Å². The van der Waals surface area contributed by atoms with Gasteiger partial charge in [-0.05, 0) is 29.8 Å². The number of para-hydroxylation sites is 1. The number of aliphatic carboxylic acids is 1. The van der Waals surface area contributed by atoms with Gasteiger partial charge in [0.1, 0.15) is 11.4 Å². The number of benzene rings is 2. The van der Waals surface area contributed by atoms with Gasteiger partial charge in [-0.2, -0.15) is 0 Å². The molecule has 0 spiro atoms. The van der Waals surface area contributed by atoms with E-state index in [9.17, 15) is 19.5 Å². The summed E-state index contributed by atoms with van der Waals surface area (Å²) >= 11 is 0. The Hall–Kier alpha value is -3.81. The van der Waals surface area contributed by atoms with Crippen LogP contribution in [0, 0.1) is 0 Å². The molecule has 0 aliphatic rings. The molecule has 1 aromatic heterocycles. The Kier molecular flexibility index (Phi) is 5.59. The number of aromatic nitrogens is 2. The van der Waals surface area contributed by atoms with Crippen LogP contribution in [0.5, 0.6) is 5.75 Å². The molecule has 0 saturated carbocycles. The number of carbonyl (C=O) groups excluding carboxylic acids is 1. The molecule has 0 saturated heterocycles. The van der Waals surface area contributed by atoms with Crippen LogP contribution in [0.25, 0.3) is 5.69 Å². The molecule has 0 bridgehead atoms. The fourth-order valence-corrected chi connectivity index (χ4v) is 2.80. The third-order valence-electron chi connectivity index (χ3n) is 4.16.